The van der Waals surface area contributed by atoms with E-state index in [4.69, 9.17) is 14.6 Å². The van der Waals surface area contributed by atoms with Crippen molar-refractivity contribution in [2.75, 3.05) is 14.2 Å². The molecule has 0 bridgehead atoms. The highest BCUT2D eigenvalue weighted by molar-refractivity contribution is 5.80. The van der Waals surface area contributed by atoms with Crippen LogP contribution in [0.15, 0.2) is 18.2 Å². The van der Waals surface area contributed by atoms with Crippen LogP contribution in [0.2, 0.25) is 0 Å². The molecule has 1 aliphatic rings. The number of hydrogen-bond donors (Lipinski definition) is 2. The van der Waals surface area contributed by atoms with E-state index in [9.17, 15) is 9.59 Å². The molecule has 23 heavy (non-hydrogen) atoms. The standard InChI is InChI=1S/C17H23NO5/c1-22-14-7-6-11(8-15(14)23-2)10-18-16(19)12-4-3-5-13(9-12)17(20)21/h6-8,12-13H,3-5,9-10H2,1-2H3,(H,18,19)(H,20,21)/t12-,13+/m1/s1. The second-order valence-electron chi connectivity index (χ2n) is 5.81. The van der Waals surface area contributed by atoms with Gasteiger partial charge in [0, 0.05) is 12.5 Å². The van der Waals surface area contributed by atoms with E-state index in [2.05, 4.69) is 5.32 Å². The maximum Gasteiger partial charge on any atom is 0.306 e. The van der Waals surface area contributed by atoms with Gasteiger partial charge in [0.15, 0.2) is 11.5 Å². The molecule has 1 aliphatic carbocycles. The van der Waals surface area contributed by atoms with Gasteiger partial charge < -0.3 is 19.9 Å². The van der Waals surface area contributed by atoms with E-state index in [1.807, 2.05) is 12.1 Å². The Bertz CT molecular complexity index is 572. The number of aliphatic carboxylic acids is 1. The number of carbonyl (C=O) groups is 2. The SMILES string of the molecule is COc1ccc(CNC(=O)[C@@H]2CCC[C@H](C(=O)O)C2)cc1OC. The first-order valence-corrected chi connectivity index (χ1v) is 7.76. The predicted molar refractivity (Wildman–Crippen MR) is 84.5 cm³/mol. The average molecular weight is 321 g/mol. The molecule has 6 heteroatoms. The van der Waals surface area contributed by atoms with E-state index in [1.54, 1.807) is 20.3 Å². The molecular weight excluding hydrogens is 298 g/mol. The largest absolute Gasteiger partial charge is 0.493 e. The predicted octanol–water partition coefficient (Wildman–Crippen LogP) is 2.21. The van der Waals surface area contributed by atoms with E-state index in [0.29, 0.717) is 30.9 Å². The second-order valence-corrected chi connectivity index (χ2v) is 5.81. The molecular formula is C17H23NO5. The molecule has 0 radical (unpaired) electrons. The minimum Gasteiger partial charge on any atom is -0.493 e. The minimum absolute atomic E-state index is 0.0780. The van der Waals surface area contributed by atoms with E-state index in [0.717, 1.165) is 18.4 Å². The van der Waals surface area contributed by atoms with Crippen LogP contribution in [-0.4, -0.2) is 31.2 Å². The highest BCUT2D eigenvalue weighted by Crippen LogP contribution is 2.30. The van der Waals surface area contributed by atoms with Crippen LogP contribution in [0.4, 0.5) is 0 Å². The van der Waals surface area contributed by atoms with Gasteiger partial charge in [-0.15, -0.1) is 0 Å². The Balaban J connectivity index is 1.92. The van der Waals surface area contributed by atoms with Crippen molar-refractivity contribution >= 4 is 11.9 Å². The van der Waals surface area contributed by atoms with Gasteiger partial charge >= 0.3 is 5.97 Å². The third kappa shape index (κ3) is 4.37. The first-order chi connectivity index (χ1) is 11.0. The zero-order valence-electron chi connectivity index (χ0n) is 13.5. The van der Waals surface area contributed by atoms with Crippen LogP contribution in [0.1, 0.15) is 31.2 Å². The summed E-state index contributed by atoms with van der Waals surface area (Å²) in [5.41, 5.74) is 0.904. The van der Waals surface area contributed by atoms with Gasteiger partial charge in [-0.1, -0.05) is 12.5 Å². The summed E-state index contributed by atoms with van der Waals surface area (Å²) in [6.45, 7) is 0.382. The van der Waals surface area contributed by atoms with E-state index < -0.39 is 11.9 Å². The summed E-state index contributed by atoms with van der Waals surface area (Å²) in [4.78, 5) is 23.3. The van der Waals surface area contributed by atoms with Crippen molar-refractivity contribution in [3.63, 3.8) is 0 Å². The van der Waals surface area contributed by atoms with Crippen molar-refractivity contribution in [1.29, 1.82) is 0 Å². The first kappa shape index (κ1) is 17.1. The van der Waals surface area contributed by atoms with E-state index >= 15 is 0 Å². The van der Waals surface area contributed by atoms with Crippen molar-refractivity contribution in [2.45, 2.75) is 32.2 Å². The summed E-state index contributed by atoms with van der Waals surface area (Å²) >= 11 is 0. The smallest absolute Gasteiger partial charge is 0.306 e. The minimum atomic E-state index is -0.803. The van der Waals surface area contributed by atoms with Gasteiger partial charge in [-0.25, -0.2) is 0 Å². The molecule has 1 aromatic rings. The van der Waals surface area contributed by atoms with E-state index in [-0.39, 0.29) is 11.8 Å². The first-order valence-electron chi connectivity index (χ1n) is 7.76. The summed E-state index contributed by atoms with van der Waals surface area (Å²) in [7, 11) is 3.13. The van der Waals surface area contributed by atoms with Gasteiger partial charge in [0.1, 0.15) is 0 Å². The highest BCUT2D eigenvalue weighted by atomic mass is 16.5. The summed E-state index contributed by atoms with van der Waals surface area (Å²) in [6, 6.07) is 5.48. The van der Waals surface area contributed by atoms with E-state index in [1.165, 1.54) is 0 Å². The molecule has 0 spiro atoms. The van der Waals surface area contributed by atoms with Gasteiger partial charge in [0.05, 0.1) is 20.1 Å². The van der Waals surface area contributed by atoms with Crippen LogP contribution in [0, 0.1) is 11.8 Å². The van der Waals surface area contributed by atoms with Gasteiger partial charge in [0.2, 0.25) is 5.91 Å². The molecule has 2 atom stereocenters. The Morgan fingerprint density at radius 1 is 1.17 bits per heavy atom. The molecule has 6 nitrogen and oxygen atoms in total. The number of rotatable bonds is 6. The maximum atomic E-state index is 12.3. The lowest BCUT2D eigenvalue weighted by molar-refractivity contribution is -0.144. The Labute approximate surface area is 135 Å². The van der Waals surface area contributed by atoms with Crippen LogP contribution >= 0.6 is 0 Å². The monoisotopic (exact) mass is 321 g/mol. The molecule has 1 aromatic carbocycles. The van der Waals surface area contributed by atoms with Crippen LogP contribution < -0.4 is 14.8 Å². The molecule has 2 rings (SSSR count). The lowest BCUT2D eigenvalue weighted by Gasteiger charge is -2.25. The Morgan fingerprint density at radius 2 is 1.87 bits per heavy atom. The summed E-state index contributed by atoms with van der Waals surface area (Å²) in [5, 5.41) is 12.0. The Kier molecular flexibility index (Phi) is 5.84. The van der Waals surface area contributed by atoms with Crippen molar-refractivity contribution in [3.05, 3.63) is 23.8 Å². The number of carboxylic acids is 1. The topological polar surface area (TPSA) is 84.9 Å². The summed E-state index contributed by atoms with van der Waals surface area (Å²) in [5.74, 6) is -0.249. The molecule has 1 saturated carbocycles. The maximum absolute atomic E-state index is 12.3. The van der Waals surface area contributed by atoms with Crippen molar-refractivity contribution < 1.29 is 24.2 Å². The number of benzene rings is 1. The fraction of sp³-hybridized carbons (Fsp3) is 0.529. The van der Waals surface area contributed by atoms with Crippen molar-refractivity contribution in [2.24, 2.45) is 11.8 Å². The lowest BCUT2D eigenvalue weighted by Crippen LogP contribution is -2.35. The lowest BCUT2D eigenvalue weighted by atomic mass is 9.81. The quantitative estimate of drug-likeness (QED) is 0.839. The molecule has 0 aliphatic heterocycles. The Morgan fingerprint density at radius 3 is 2.52 bits per heavy atom. The fourth-order valence-corrected chi connectivity index (χ4v) is 2.98. The molecule has 2 N–H and O–H groups in total. The third-order valence-corrected chi connectivity index (χ3v) is 4.31. The highest BCUT2D eigenvalue weighted by Gasteiger charge is 2.30. The van der Waals surface area contributed by atoms with Gasteiger partial charge in [-0.3, -0.25) is 9.59 Å². The number of nitrogens with one attached hydrogen (secondary N) is 1. The zero-order valence-corrected chi connectivity index (χ0v) is 13.5. The molecule has 0 aromatic heterocycles. The van der Waals surface area contributed by atoms with Gasteiger partial charge in [0.25, 0.3) is 0 Å². The van der Waals surface area contributed by atoms with Crippen molar-refractivity contribution in [1.82, 2.24) is 5.32 Å². The number of hydrogen-bond acceptors (Lipinski definition) is 4. The van der Waals surface area contributed by atoms with Gasteiger partial charge in [-0.2, -0.15) is 0 Å². The van der Waals surface area contributed by atoms with Crippen LogP contribution in [-0.2, 0) is 16.1 Å². The zero-order chi connectivity index (χ0) is 16.8. The van der Waals surface area contributed by atoms with Gasteiger partial charge in [-0.05, 0) is 37.0 Å². The molecule has 0 heterocycles. The molecule has 1 amide bonds. The van der Waals surface area contributed by atoms with Crippen LogP contribution in [0.25, 0.3) is 0 Å². The number of amides is 1. The van der Waals surface area contributed by atoms with Crippen LogP contribution in [0.3, 0.4) is 0 Å². The summed E-state index contributed by atoms with van der Waals surface area (Å²) < 4.78 is 10.4. The van der Waals surface area contributed by atoms with Crippen LogP contribution in [0.5, 0.6) is 11.5 Å². The number of ether oxygens (including phenoxy) is 2. The third-order valence-electron chi connectivity index (χ3n) is 4.31. The number of carboxylic acid groups (broad SMARTS) is 1. The second kappa shape index (κ2) is 7.85. The molecule has 0 saturated heterocycles. The van der Waals surface area contributed by atoms with Crippen molar-refractivity contribution in [3.8, 4) is 11.5 Å². The molecule has 1 fully saturated rings. The Hall–Kier alpha value is -2.24. The average Bonchev–Trinajstić information content (AvgIpc) is 2.59. The molecule has 0 unspecified atom stereocenters. The normalized spacial score (nSPS) is 20.6. The summed E-state index contributed by atoms with van der Waals surface area (Å²) in [6.07, 6.45) is 2.62. The number of carbonyl (C=O) groups excluding carboxylic acids is 1. The fourth-order valence-electron chi connectivity index (χ4n) is 2.98. The number of methoxy groups -OCH3 is 2. The molecule has 126 valence electrons.